The van der Waals surface area contributed by atoms with Gasteiger partial charge in [0, 0.05) is 5.02 Å². The lowest BCUT2D eigenvalue weighted by Crippen LogP contribution is -2.12. The highest BCUT2D eigenvalue weighted by Crippen LogP contribution is 2.11. The molecule has 86 valence electrons. The summed E-state index contributed by atoms with van der Waals surface area (Å²) in [4.78, 5) is 15.0. The minimum absolute atomic E-state index is 0.151. The van der Waals surface area contributed by atoms with Crippen molar-refractivity contribution in [2.24, 2.45) is 4.99 Å². The highest BCUT2D eigenvalue weighted by atomic mass is 35.5. The van der Waals surface area contributed by atoms with E-state index in [0.29, 0.717) is 11.6 Å². The largest absolute Gasteiger partial charge is 0.461 e. The fraction of sp³-hybridized carbons (Fsp3) is 0.273. The number of carbonyl (C=O) groups is 1. The van der Waals surface area contributed by atoms with Crippen LogP contribution in [0.5, 0.6) is 0 Å². The number of halogens is 2. The standard InChI is InChI=1S/C11H11Cl2NO2/c1-2-16-11(15)10(13)14-7-8-4-3-5-9(12)6-8/h3-6H,2,7H2,1H3. The number of rotatable bonds is 4. The number of carbonyl (C=O) groups excluding carboxylic acids is 1. The van der Waals surface area contributed by atoms with Gasteiger partial charge in [-0.2, -0.15) is 0 Å². The number of hydrogen-bond acceptors (Lipinski definition) is 3. The van der Waals surface area contributed by atoms with Gasteiger partial charge in [-0.15, -0.1) is 0 Å². The van der Waals surface area contributed by atoms with E-state index >= 15 is 0 Å². The third-order valence-electron chi connectivity index (χ3n) is 1.73. The summed E-state index contributed by atoms with van der Waals surface area (Å²) in [7, 11) is 0. The predicted octanol–water partition coefficient (Wildman–Crippen LogP) is 3.04. The molecule has 16 heavy (non-hydrogen) atoms. The quantitative estimate of drug-likeness (QED) is 0.616. The number of nitrogens with zero attached hydrogens (tertiary/aromatic N) is 1. The molecule has 1 rings (SSSR count). The maximum Gasteiger partial charge on any atom is 0.368 e. The predicted molar refractivity (Wildman–Crippen MR) is 65.1 cm³/mol. The van der Waals surface area contributed by atoms with E-state index in [9.17, 15) is 4.79 Å². The van der Waals surface area contributed by atoms with Crippen LogP contribution in [0.15, 0.2) is 29.3 Å². The Morgan fingerprint density at radius 2 is 2.25 bits per heavy atom. The number of hydrogen-bond donors (Lipinski definition) is 0. The molecule has 1 aromatic rings. The average Bonchev–Trinajstić information content (AvgIpc) is 2.26. The van der Waals surface area contributed by atoms with Crippen molar-refractivity contribution >= 4 is 34.3 Å². The Balaban J connectivity index is 2.62. The second-order valence-electron chi connectivity index (χ2n) is 2.96. The molecule has 1 aromatic carbocycles. The Morgan fingerprint density at radius 1 is 1.50 bits per heavy atom. The molecule has 0 heterocycles. The summed E-state index contributed by atoms with van der Waals surface area (Å²) >= 11 is 11.4. The molecule has 0 N–H and O–H groups in total. The molecule has 0 saturated carbocycles. The molecule has 0 aliphatic heterocycles. The first-order valence-corrected chi connectivity index (χ1v) is 5.50. The highest BCUT2D eigenvalue weighted by Gasteiger charge is 2.08. The topological polar surface area (TPSA) is 38.7 Å². The van der Waals surface area contributed by atoms with Gasteiger partial charge in [-0.05, 0) is 24.6 Å². The number of aliphatic imine (C=N–C) groups is 1. The van der Waals surface area contributed by atoms with Gasteiger partial charge >= 0.3 is 5.97 Å². The van der Waals surface area contributed by atoms with Crippen molar-refractivity contribution in [2.75, 3.05) is 6.61 Å². The summed E-state index contributed by atoms with van der Waals surface area (Å²) < 4.78 is 4.69. The smallest absolute Gasteiger partial charge is 0.368 e. The van der Waals surface area contributed by atoms with Crippen molar-refractivity contribution in [3.8, 4) is 0 Å². The van der Waals surface area contributed by atoms with Crippen LogP contribution in [0.3, 0.4) is 0 Å². The summed E-state index contributed by atoms with van der Waals surface area (Å²) in [5.41, 5.74) is 0.884. The van der Waals surface area contributed by atoms with Gasteiger partial charge in [-0.1, -0.05) is 35.3 Å². The molecule has 0 aromatic heterocycles. The molecule has 0 saturated heterocycles. The lowest BCUT2D eigenvalue weighted by atomic mass is 10.2. The Bertz CT molecular complexity index is 405. The van der Waals surface area contributed by atoms with Gasteiger partial charge in [0.25, 0.3) is 0 Å². The first-order valence-electron chi connectivity index (χ1n) is 4.75. The molecule has 0 unspecified atom stereocenters. The fourth-order valence-corrected chi connectivity index (χ4v) is 1.38. The Labute approximate surface area is 104 Å². The maximum atomic E-state index is 11.1. The molecule has 5 heteroatoms. The van der Waals surface area contributed by atoms with Crippen molar-refractivity contribution in [2.45, 2.75) is 13.5 Å². The summed E-state index contributed by atoms with van der Waals surface area (Å²) in [5, 5.41) is 0.474. The van der Waals surface area contributed by atoms with E-state index in [2.05, 4.69) is 9.73 Å². The number of ether oxygens (including phenoxy) is 1. The Morgan fingerprint density at radius 3 is 2.88 bits per heavy atom. The third-order valence-corrected chi connectivity index (χ3v) is 2.24. The summed E-state index contributed by atoms with van der Waals surface area (Å²) in [6, 6.07) is 7.19. The van der Waals surface area contributed by atoms with E-state index in [1.54, 1.807) is 19.1 Å². The number of benzene rings is 1. The van der Waals surface area contributed by atoms with Gasteiger partial charge in [-0.25, -0.2) is 4.79 Å². The molecular weight excluding hydrogens is 249 g/mol. The molecule has 0 atom stereocenters. The zero-order chi connectivity index (χ0) is 12.0. The van der Waals surface area contributed by atoms with Crippen molar-refractivity contribution in [1.82, 2.24) is 0 Å². The minimum atomic E-state index is -0.605. The fourth-order valence-electron chi connectivity index (χ4n) is 1.05. The van der Waals surface area contributed by atoms with Crippen molar-refractivity contribution in [1.29, 1.82) is 0 Å². The van der Waals surface area contributed by atoms with E-state index in [0.717, 1.165) is 5.56 Å². The lowest BCUT2D eigenvalue weighted by Gasteiger charge is -2.00. The van der Waals surface area contributed by atoms with E-state index in [-0.39, 0.29) is 11.8 Å². The molecule has 0 fully saturated rings. The minimum Gasteiger partial charge on any atom is -0.461 e. The SMILES string of the molecule is CCOC(=O)C(Cl)=NCc1cccc(Cl)c1. The van der Waals surface area contributed by atoms with Gasteiger partial charge in [-0.3, -0.25) is 4.99 Å². The van der Waals surface area contributed by atoms with Crippen LogP contribution in [0.1, 0.15) is 12.5 Å². The average molecular weight is 260 g/mol. The van der Waals surface area contributed by atoms with E-state index in [1.165, 1.54) is 0 Å². The van der Waals surface area contributed by atoms with Gasteiger partial charge in [0.1, 0.15) is 0 Å². The van der Waals surface area contributed by atoms with Crippen LogP contribution in [-0.4, -0.2) is 17.7 Å². The van der Waals surface area contributed by atoms with Gasteiger partial charge in [0.15, 0.2) is 0 Å². The van der Waals surface area contributed by atoms with Crippen LogP contribution in [-0.2, 0) is 16.1 Å². The highest BCUT2D eigenvalue weighted by molar-refractivity contribution is 6.82. The lowest BCUT2D eigenvalue weighted by molar-refractivity contribution is -0.134. The van der Waals surface area contributed by atoms with Crippen molar-refractivity contribution < 1.29 is 9.53 Å². The zero-order valence-corrected chi connectivity index (χ0v) is 10.3. The maximum absolute atomic E-state index is 11.1. The molecule has 0 amide bonds. The normalized spacial score (nSPS) is 11.3. The Kier molecular flexibility index (Phi) is 5.29. The second kappa shape index (κ2) is 6.51. The van der Waals surface area contributed by atoms with Gasteiger partial charge < -0.3 is 4.74 Å². The van der Waals surface area contributed by atoms with E-state index in [1.807, 2.05) is 12.1 Å². The summed E-state index contributed by atoms with van der Waals surface area (Å²) in [6.45, 7) is 2.29. The monoisotopic (exact) mass is 259 g/mol. The van der Waals surface area contributed by atoms with Crippen molar-refractivity contribution in [3.05, 3.63) is 34.9 Å². The second-order valence-corrected chi connectivity index (χ2v) is 3.75. The van der Waals surface area contributed by atoms with Crippen LogP contribution >= 0.6 is 23.2 Å². The first-order chi connectivity index (χ1) is 7.63. The van der Waals surface area contributed by atoms with Crippen molar-refractivity contribution in [3.63, 3.8) is 0 Å². The molecule has 0 aliphatic rings. The molecular formula is C11H11Cl2NO2. The van der Waals surface area contributed by atoms with Gasteiger partial charge in [0.05, 0.1) is 13.2 Å². The molecule has 0 aliphatic carbocycles. The zero-order valence-electron chi connectivity index (χ0n) is 8.74. The van der Waals surface area contributed by atoms with Crippen LogP contribution in [0.2, 0.25) is 5.02 Å². The van der Waals surface area contributed by atoms with Gasteiger partial charge in [0.2, 0.25) is 5.17 Å². The van der Waals surface area contributed by atoms with Crippen LogP contribution in [0.25, 0.3) is 0 Å². The van der Waals surface area contributed by atoms with Crippen LogP contribution in [0.4, 0.5) is 0 Å². The number of esters is 1. The summed E-state index contributed by atoms with van der Waals surface area (Å²) in [5.74, 6) is -0.605. The molecule has 3 nitrogen and oxygen atoms in total. The molecule has 0 radical (unpaired) electrons. The van der Waals surface area contributed by atoms with E-state index in [4.69, 9.17) is 23.2 Å². The van der Waals surface area contributed by atoms with Crippen LogP contribution < -0.4 is 0 Å². The van der Waals surface area contributed by atoms with Crippen LogP contribution in [0, 0.1) is 0 Å². The summed E-state index contributed by atoms with van der Waals surface area (Å²) in [6.07, 6.45) is 0. The Hall–Kier alpha value is -1.06. The first kappa shape index (κ1) is 13.0. The van der Waals surface area contributed by atoms with E-state index < -0.39 is 5.97 Å². The third kappa shape index (κ3) is 4.21. The molecule has 0 bridgehead atoms. The molecule has 0 spiro atoms.